The summed E-state index contributed by atoms with van der Waals surface area (Å²) in [7, 11) is 0. The molecule has 0 atom stereocenters. The molecule has 0 N–H and O–H groups in total. The van der Waals surface area contributed by atoms with Crippen LogP contribution in [0.4, 0.5) is 0 Å². The lowest BCUT2D eigenvalue weighted by atomic mass is 9.85. The van der Waals surface area contributed by atoms with Crippen LogP contribution in [0, 0.1) is 0 Å². The number of fused-ring (bicyclic) bond motifs is 4. The Bertz CT molecular complexity index is 3190. The maximum atomic E-state index is 9.22. The highest BCUT2D eigenvalue weighted by Gasteiger charge is 2.16. The summed E-state index contributed by atoms with van der Waals surface area (Å²) in [6, 6.07) is 25.8. The summed E-state index contributed by atoms with van der Waals surface area (Å²) in [6.07, 6.45) is 0. The normalized spacial score (nSPS) is 15.4. The van der Waals surface area contributed by atoms with Gasteiger partial charge in [0.15, 0.2) is 0 Å². The van der Waals surface area contributed by atoms with Gasteiger partial charge in [-0.3, -0.25) is 0 Å². The van der Waals surface area contributed by atoms with Crippen LogP contribution in [0.2, 0.25) is 0 Å². The molecule has 0 aliphatic rings. The van der Waals surface area contributed by atoms with Crippen LogP contribution in [0.25, 0.3) is 87.6 Å². The Morgan fingerprint density at radius 3 is 1.48 bits per heavy atom. The third kappa shape index (κ3) is 4.38. The largest absolute Gasteiger partial charge is 0.0629 e. The Labute approximate surface area is 287 Å². The van der Waals surface area contributed by atoms with E-state index in [1.165, 1.54) is 0 Å². The van der Waals surface area contributed by atoms with Crippen molar-refractivity contribution >= 4 is 43.1 Å². The van der Waals surface area contributed by atoms with E-state index < -0.39 is 84.1 Å². The molecule has 0 heterocycles. The maximum Gasteiger partial charge on any atom is 0.0629 e. The van der Waals surface area contributed by atoms with E-state index in [4.69, 9.17) is 15.1 Å². The summed E-state index contributed by atoms with van der Waals surface area (Å²) >= 11 is 0. The van der Waals surface area contributed by atoms with Crippen molar-refractivity contribution in [2.24, 2.45) is 0 Å². The molecule has 214 valence electrons. The SMILES string of the molecule is [2H]c1c([2H])c([2H])c(-c2c3c([2H])c([2H])c([2H])c([2H])c3c(-c3ccc(-c4cccc5ccc(-c6ccc7ccccc7c6)cc45)cc3)c3c([2H])c([2H])c([2H])c([2H])c23)c([2H])c1[2H]. The zero-order chi connectivity index (χ0) is 41.8. The lowest BCUT2D eigenvalue weighted by Gasteiger charge is -2.18. The molecular weight excluding hydrogens is 553 g/mol. The highest BCUT2D eigenvalue weighted by atomic mass is 14.2. The molecule has 0 heteroatoms. The second-order valence-electron chi connectivity index (χ2n) is 11.1. The lowest BCUT2D eigenvalue weighted by molar-refractivity contribution is 1.62. The fraction of sp³-hybridized carbons (Fsp3) is 0. The van der Waals surface area contributed by atoms with Gasteiger partial charge in [0.05, 0.1) is 17.8 Å². The fourth-order valence-electron chi connectivity index (χ4n) is 6.43. The Hall–Kier alpha value is -5.98. The molecule has 0 aliphatic carbocycles. The molecule has 0 spiro atoms. The van der Waals surface area contributed by atoms with Gasteiger partial charge in [0, 0.05) is 0 Å². The molecule has 0 saturated heterocycles. The molecule has 9 aromatic rings. The molecule has 46 heavy (non-hydrogen) atoms. The van der Waals surface area contributed by atoms with Gasteiger partial charge < -0.3 is 0 Å². The van der Waals surface area contributed by atoms with Crippen LogP contribution < -0.4 is 0 Å². The molecule has 0 unspecified atom stereocenters. The minimum Gasteiger partial charge on any atom is -0.0622 e. The Morgan fingerprint density at radius 2 is 0.804 bits per heavy atom. The average Bonchev–Trinajstić information content (AvgIpc) is 3.26. The van der Waals surface area contributed by atoms with E-state index in [1.54, 1.807) is 12.1 Å². The monoisotopic (exact) mass is 595 g/mol. The molecule has 9 aromatic carbocycles. The van der Waals surface area contributed by atoms with Crippen LogP contribution in [-0.4, -0.2) is 0 Å². The standard InChI is InChI=1S/C46H30/c1-2-12-34(13-3-1)45-40-16-6-8-18-42(40)46(43-19-9-7-17-41(43)45)35-25-22-33(23-26-35)39-20-10-15-32-24-28-38(30-44(32)39)37-27-21-31-11-4-5-14-36(31)29-37/h1-30H/i1D,2D,3D,6D,7D,8D,9D,12D,13D,16D,17D,18D,19D. The second kappa shape index (κ2) is 10.9. The molecule has 0 aliphatic heterocycles. The average molecular weight is 596 g/mol. The van der Waals surface area contributed by atoms with Gasteiger partial charge >= 0.3 is 0 Å². The Balaban J connectivity index is 1.34. The van der Waals surface area contributed by atoms with Gasteiger partial charge in [-0.2, -0.15) is 0 Å². The first-order chi connectivity index (χ1) is 28.2. The molecule has 9 rings (SSSR count). The fourth-order valence-corrected chi connectivity index (χ4v) is 6.43. The van der Waals surface area contributed by atoms with Crippen LogP contribution in [-0.2, 0) is 0 Å². The van der Waals surface area contributed by atoms with Crippen molar-refractivity contribution in [3.8, 4) is 44.5 Å². The van der Waals surface area contributed by atoms with Crippen LogP contribution in [0.5, 0.6) is 0 Å². The molecule has 0 amide bonds. The van der Waals surface area contributed by atoms with E-state index in [1.807, 2.05) is 42.5 Å². The van der Waals surface area contributed by atoms with Crippen molar-refractivity contribution < 1.29 is 17.8 Å². The highest BCUT2D eigenvalue weighted by Crippen LogP contribution is 2.44. The number of benzene rings is 9. The molecular formula is C46H30. The first-order valence-corrected chi connectivity index (χ1v) is 14.9. The summed E-state index contributed by atoms with van der Waals surface area (Å²) in [4.78, 5) is 0. The third-order valence-electron chi connectivity index (χ3n) is 8.57. The minimum atomic E-state index is -0.707. The smallest absolute Gasteiger partial charge is 0.0622 e. The maximum absolute atomic E-state index is 9.22. The van der Waals surface area contributed by atoms with Gasteiger partial charge in [-0.1, -0.05) is 170 Å². The van der Waals surface area contributed by atoms with Crippen molar-refractivity contribution in [3.05, 3.63) is 182 Å². The lowest BCUT2D eigenvalue weighted by Crippen LogP contribution is -1.91. The van der Waals surface area contributed by atoms with E-state index in [0.29, 0.717) is 5.56 Å². The molecule has 0 radical (unpaired) electrons. The van der Waals surface area contributed by atoms with Gasteiger partial charge in [-0.05, 0) is 99.7 Å². The quantitative estimate of drug-likeness (QED) is 0.178. The van der Waals surface area contributed by atoms with Crippen molar-refractivity contribution in [1.29, 1.82) is 0 Å². The van der Waals surface area contributed by atoms with Crippen LogP contribution in [0.15, 0.2) is 182 Å². The Kier molecular flexibility index (Phi) is 3.87. The van der Waals surface area contributed by atoms with E-state index in [0.717, 1.165) is 43.8 Å². The minimum absolute atomic E-state index is 0.0909. The summed E-state index contributed by atoms with van der Waals surface area (Å²) < 4.78 is 114. The molecule has 0 saturated carbocycles. The zero-order valence-electron chi connectivity index (χ0n) is 37.3. The number of hydrogen-bond donors (Lipinski definition) is 0. The zero-order valence-corrected chi connectivity index (χ0v) is 24.3. The van der Waals surface area contributed by atoms with E-state index in [-0.39, 0.29) is 32.7 Å². The van der Waals surface area contributed by atoms with E-state index in [2.05, 4.69) is 48.5 Å². The summed E-state index contributed by atoms with van der Waals surface area (Å²) in [5.41, 5.74) is 3.57. The van der Waals surface area contributed by atoms with Crippen molar-refractivity contribution in [2.75, 3.05) is 0 Å². The second-order valence-corrected chi connectivity index (χ2v) is 11.1. The molecule has 0 bridgehead atoms. The number of rotatable bonds is 4. The molecule has 0 aromatic heterocycles. The topological polar surface area (TPSA) is 0 Å². The van der Waals surface area contributed by atoms with E-state index >= 15 is 0 Å². The van der Waals surface area contributed by atoms with Crippen molar-refractivity contribution in [1.82, 2.24) is 0 Å². The van der Waals surface area contributed by atoms with Crippen molar-refractivity contribution in [3.63, 3.8) is 0 Å². The predicted molar refractivity (Wildman–Crippen MR) is 198 cm³/mol. The summed E-state index contributed by atoms with van der Waals surface area (Å²) in [6.45, 7) is 0. The van der Waals surface area contributed by atoms with Crippen LogP contribution >= 0.6 is 0 Å². The first-order valence-electron chi connectivity index (χ1n) is 21.4. The Morgan fingerprint density at radius 1 is 0.304 bits per heavy atom. The van der Waals surface area contributed by atoms with Crippen LogP contribution in [0.1, 0.15) is 17.8 Å². The van der Waals surface area contributed by atoms with Crippen LogP contribution in [0.3, 0.4) is 0 Å². The third-order valence-corrected chi connectivity index (χ3v) is 8.57. The molecule has 0 nitrogen and oxygen atoms in total. The number of hydrogen-bond acceptors (Lipinski definition) is 0. The summed E-state index contributed by atoms with van der Waals surface area (Å²) in [5, 5.41) is 3.58. The summed E-state index contributed by atoms with van der Waals surface area (Å²) in [5.74, 6) is 0. The van der Waals surface area contributed by atoms with Gasteiger partial charge in [-0.15, -0.1) is 0 Å². The molecule has 0 fully saturated rings. The highest BCUT2D eigenvalue weighted by molar-refractivity contribution is 6.21. The first kappa shape index (κ1) is 16.4. The predicted octanol–water partition coefficient (Wildman–Crippen LogP) is 13.0. The van der Waals surface area contributed by atoms with Gasteiger partial charge in [-0.25, -0.2) is 0 Å². The van der Waals surface area contributed by atoms with Crippen molar-refractivity contribution in [2.45, 2.75) is 0 Å². The van der Waals surface area contributed by atoms with E-state index in [9.17, 15) is 2.74 Å². The van der Waals surface area contributed by atoms with Gasteiger partial charge in [0.1, 0.15) is 0 Å². The van der Waals surface area contributed by atoms with Gasteiger partial charge in [0.25, 0.3) is 0 Å². The van der Waals surface area contributed by atoms with Gasteiger partial charge in [0.2, 0.25) is 0 Å².